The number of hydrogen-bond acceptors (Lipinski definition) is 5. The molecular formula is C15H16FNO2S2. The Morgan fingerprint density at radius 2 is 2.19 bits per heavy atom. The fourth-order valence-electron chi connectivity index (χ4n) is 2.11. The number of benzene rings is 1. The van der Waals surface area contributed by atoms with E-state index in [9.17, 15) is 9.50 Å². The first kappa shape index (κ1) is 15.0. The highest BCUT2D eigenvalue weighted by atomic mass is 32.2. The van der Waals surface area contributed by atoms with Gasteiger partial charge in [-0.3, -0.25) is 0 Å². The van der Waals surface area contributed by atoms with E-state index in [1.54, 1.807) is 23.9 Å². The fraction of sp³-hybridized carbons (Fsp3) is 0.400. The van der Waals surface area contributed by atoms with Crippen molar-refractivity contribution in [3.8, 4) is 10.6 Å². The van der Waals surface area contributed by atoms with Gasteiger partial charge in [-0.1, -0.05) is 12.1 Å². The number of nitrogens with zero attached hydrogens (tertiary/aromatic N) is 1. The lowest BCUT2D eigenvalue weighted by Gasteiger charge is -2.39. The molecule has 1 aliphatic heterocycles. The second kappa shape index (κ2) is 6.44. The third kappa shape index (κ3) is 3.29. The van der Waals surface area contributed by atoms with Crippen LogP contribution in [0.4, 0.5) is 4.39 Å². The van der Waals surface area contributed by atoms with E-state index in [-0.39, 0.29) is 17.8 Å². The third-order valence-electron chi connectivity index (χ3n) is 3.47. The smallest absolute Gasteiger partial charge is 0.133 e. The molecule has 3 rings (SSSR count). The molecule has 0 spiro atoms. The summed E-state index contributed by atoms with van der Waals surface area (Å²) in [5.41, 5.74) is 1.43. The summed E-state index contributed by atoms with van der Waals surface area (Å²) < 4.78 is 18.9. The van der Waals surface area contributed by atoms with Gasteiger partial charge in [0, 0.05) is 27.9 Å². The second-order valence-electron chi connectivity index (χ2n) is 5.27. The lowest BCUT2D eigenvalue weighted by molar-refractivity contribution is -0.121. The van der Waals surface area contributed by atoms with Crippen LogP contribution >= 0.6 is 23.1 Å². The lowest BCUT2D eigenvalue weighted by atomic mass is 9.90. The Balaban J connectivity index is 1.59. The number of rotatable bonds is 6. The molecule has 1 aromatic carbocycles. The van der Waals surface area contributed by atoms with Gasteiger partial charge in [-0.25, -0.2) is 9.37 Å². The summed E-state index contributed by atoms with van der Waals surface area (Å²) in [6.45, 7) is 1.43. The summed E-state index contributed by atoms with van der Waals surface area (Å²) in [5, 5.41) is 12.1. The third-order valence-corrected chi connectivity index (χ3v) is 5.71. The normalized spacial score (nSPS) is 16.7. The molecule has 1 saturated heterocycles. The molecule has 112 valence electrons. The number of aliphatic hydroxyl groups is 1. The Hall–Kier alpha value is -0.950. The number of ether oxygens (including phenoxy) is 1. The van der Waals surface area contributed by atoms with Gasteiger partial charge in [0.1, 0.15) is 10.8 Å². The van der Waals surface area contributed by atoms with Gasteiger partial charge in [-0.05, 0) is 12.1 Å². The van der Waals surface area contributed by atoms with Gasteiger partial charge in [0.25, 0.3) is 0 Å². The number of aromatic nitrogens is 1. The zero-order valence-electron chi connectivity index (χ0n) is 11.4. The van der Waals surface area contributed by atoms with Crippen molar-refractivity contribution in [3.63, 3.8) is 0 Å². The highest BCUT2D eigenvalue weighted by Gasteiger charge is 2.37. The molecule has 0 amide bonds. The summed E-state index contributed by atoms with van der Waals surface area (Å²) in [6, 6.07) is 6.69. The average Bonchev–Trinajstić information content (AvgIpc) is 2.91. The predicted molar refractivity (Wildman–Crippen MR) is 84.0 cm³/mol. The molecular weight excluding hydrogens is 309 g/mol. The summed E-state index contributed by atoms with van der Waals surface area (Å²) >= 11 is 3.20. The number of thiazole rings is 1. The monoisotopic (exact) mass is 325 g/mol. The second-order valence-corrected chi connectivity index (χ2v) is 7.11. The van der Waals surface area contributed by atoms with E-state index < -0.39 is 0 Å². The average molecular weight is 325 g/mol. The quantitative estimate of drug-likeness (QED) is 0.886. The van der Waals surface area contributed by atoms with Gasteiger partial charge in [0.2, 0.25) is 0 Å². The van der Waals surface area contributed by atoms with Crippen LogP contribution < -0.4 is 0 Å². The molecule has 2 aromatic rings. The summed E-state index contributed by atoms with van der Waals surface area (Å²) in [5.74, 6) is 1.39. The van der Waals surface area contributed by atoms with E-state index in [0.717, 1.165) is 17.2 Å². The van der Waals surface area contributed by atoms with Crippen molar-refractivity contribution in [2.45, 2.75) is 5.75 Å². The zero-order chi connectivity index (χ0) is 14.7. The topological polar surface area (TPSA) is 42.4 Å². The van der Waals surface area contributed by atoms with Crippen LogP contribution in [0.2, 0.25) is 0 Å². The molecule has 1 fully saturated rings. The molecule has 0 radical (unpaired) electrons. The fourth-order valence-corrected chi connectivity index (χ4v) is 4.22. The molecule has 2 heterocycles. The van der Waals surface area contributed by atoms with Crippen LogP contribution in [0.5, 0.6) is 0 Å². The Labute approximate surface area is 131 Å². The van der Waals surface area contributed by atoms with Gasteiger partial charge in [0.05, 0.1) is 25.5 Å². The number of thioether (sulfide) groups is 1. The van der Waals surface area contributed by atoms with Crippen LogP contribution in [0.25, 0.3) is 10.6 Å². The van der Waals surface area contributed by atoms with Gasteiger partial charge in [0.15, 0.2) is 0 Å². The van der Waals surface area contributed by atoms with Crippen molar-refractivity contribution in [1.82, 2.24) is 4.98 Å². The highest BCUT2D eigenvalue weighted by Crippen LogP contribution is 2.33. The maximum absolute atomic E-state index is 13.7. The Bertz CT molecular complexity index is 608. The molecule has 0 saturated carbocycles. The number of aliphatic hydroxyl groups excluding tert-OH is 1. The van der Waals surface area contributed by atoms with Crippen molar-refractivity contribution in [2.24, 2.45) is 5.41 Å². The first-order chi connectivity index (χ1) is 10.2. The van der Waals surface area contributed by atoms with Crippen molar-refractivity contribution in [3.05, 3.63) is 41.2 Å². The van der Waals surface area contributed by atoms with Crippen LogP contribution in [0, 0.1) is 11.2 Å². The highest BCUT2D eigenvalue weighted by molar-refractivity contribution is 7.98. The SMILES string of the molecule is OCC1(CSCc2csc(-c3ccccc3F)n2)COC1. The van der Waals surface area contributed by atoms with E-state index in [1.807, 2.05) is 11.4 Å². The van der Waals surface area contributed by atoms with Crippen molar-refractivity contribution >= 4 is 23.1 Å². The standard InChI is InChI=1S/C15H16FNO2S2/c16-13-4-2-1-3-12(13)14-17-11(6-21-14)5-20-10-15(7-18)8-19-9-15/h1-4,6,18H,5,7-10H2. The van der Waals surface area contributed by atoms with Crippen LogP contribution in [0.3, 0.4) is 0 Å². The molecule has 21 heavy (non-hydrogen) atoms. The van der Waals surface area contributed by atoms with Gasteiger partial charge >= 0.3 is 0 Å². The van der Waals surface area contributed by atoms with Gasteiger partial charge < -0.3 is 9.84 Å². The molecule has 1 aromatic heterocycles. The summed E-state index contributed by atoms with van der Waals surface area (Å²) in [4.78, 5) is 4.49. The maximum Gasteiger partial charge on any atom is 0.133 e. The summed E-state index contributed by atoms with van der Waals surface area (Å²) in [6.07, 6.45) is 0. The van der Waals surface area contributed by atoms with Gasteiger partial charge in [-0.2, -0.15) is 11.8 Å². The number of halogens is 1. The Morgan fingerprint density at radius 1 is 1.38 bits per heavy atom. The minimum absolute atomic E-state index is 0.0743. The molecule has 0 atom stereocenters. The molecule has 0 aliphatic carbocycles. The van der Waals surface area contributed by atoms with Crippen LogP contribution in [0.1, 0.15) is 5.69 Å². The first-order valence-corrected chi connectivity index (χ1v) is 8.72. The van der Waals surface area contributed by atoms with Crippen LogP contribution in [-0.4, -0.2) is 35.7 Å². The van der Waals surface area contributed by atoms with E-state index in [0.29, 0.717) is 23.8 Å². The first-order valence-electron chi connectivity index (χ1n) is 6.68. The van der Waals surface area contributed by atoms with Gasteiger partial charge in [-0.15, -0.1) is 11.3 Å². The minimum atomic E-state index is -0.239. The predicted octanol–water partition coefficient (Wildman–Crippen LogP) is 3.19. The summed E-state index contributed by atoms with van der Waals surface area (Å²) in [7, 11) is 0. The zero-order valence-corrected chi connectivity index (χ0v) is 13.1. The van der Waals surface area contributed by atoms with E-state index in [1.165, 1.54) is 17.4 Å². The Morgan fingerprint density at radius 3 is 2.86 bits per heavy atom. The number of hydrogen-bond donors (Lipinski definition) is 1. The van der Waals surface area contributed by atoms with Crippen molar-refractivity contribution in [1.29, 1.82) is 0 Å². The minimum Gasteiger partial charge on any atom is -0.396 e. The van der Waals surface area contributed by atoms with Crippen LogP contribution in [-0.2, 0) is 10.5 Å². The van der Waals surface area contributed by atoms with E-state index in [2.05, 4.69) is 4.98 Å². The van der Waals surface area contributed by atoms with Crippen molar-refractivity contribution in [2.75, 3.05) is 25.6 Å². The van der Waals surface area contributed by atoms with Crippen molar-refractivity contribution < 1.29 is 14.2 Å². The largest absolute Gasteiger partial charge is 0.396 e. The Kier molecular flexibility index (Phi) is 4.59. The molecule has 1 N–H and O–H groups in total. The molecule has 0 unspecified atom stereocenters. The van der Waals surface area contributed by atoms with E-state index >= 15 is 0 Å². The van der Waals surface area contributed by atoms with Crippen LogP contribution in [0.15, 0.2) is 29.6 Å². The van der Waals surface area contributed by atoms with E-state index in [4.69, 9.17) is 4.74 Å². The molecule has 3 nitrogen and oxygen atoms in total. The lowest BCUT2D eigenvalue weighted by Crippen LogP contribution is -2.47. The molecule has 0 bridgehead atoms. The maximum atomic E-state index is 13.7. The molecule has 6 heteroatoms. The molecule has 1 aliphatic rings.